The van der Waals surface area contributed by atoms with Gasteiger partial charge in [0.15, 0.2) is 0 Å². The summed E-state index contributed by atoms with van der Waals surface area (Å²) in [5, 5.41) is 8.18. The molecule has 2 rings (SSSR count). The van der Waals surface area contributed by atoms with Crippen LogP contribution in [0.1, 0.15) is 52.8 Å². The minimum Gasteiger partial charge on any atom is -0.312 e. The van der Waals surface area contributed by atoms with Crippen molar-refractivity contribution in [2.45, 2.75) is 70.7 Å². The highest BCUT2D eigenvalue weighted by Gasteiger charge is 2.38. The van der Waals surface area contributed by atoms with E-state index in [2.05, 4.69) is 59.5 Å². The Morgan fingerprint density at radius 2 is 2.29 bits per heavy atom. The van der Waals surface area contributed by atoms with Gasteiger partial charge in [0.25, 0.3) is 0 Å². The summed E-state index contributed by atoms with van der Waals surface area (Å²) in [6.45, 7) is 11.1. The molecule has 1 aromatic rings. The molecule has 0 aliphatic carbocycles. The Hall–Kier alpha value is -0.550. The van der Waals surface area contributed by atoms with Gasteiger partial charge in [-0.15, -0.1) is 0 Å². The van der Waals surface area contributed by atoms with Gasteiger partial charge in [-0.3, -0.25) is 0 Å². The van der Waals surface area contributed by atoms with Crippen LogP contribution in [0.4, 0.5) is 0 Å². The Bertz CT molecular complexity index is 424. The van der Waals surface area contributed by atoms with Crippen LogP contribution in [0.2, 0.25) is 0 Å². The van der Waals surface area contributed by atoms with Gasteiger partial charge in [-0.25, -0.2) is 9.67 Å². The molecular formula is C16H30N4S. The highest BCUT2D eigenvalue weighted by Crippen LogP contribution is 2.41. The fraction of sp³-hybridized carbons (Fsp3) is 0.875. The predicted molar refractivity (Wildman–Crippen MR) is 90.7 cm³/mol. The Morgan fingerprint density at radius 3 is 2.90 bits per heavy atom. The summed E-state index contributed by atoms with van der Waals surface area (Å²) in [6, 6.07) is 0.486. The van der Waals surface area contributed by atoms with Crippen molar-refractivity contribution >= 4 is 11.8 Å². The average Bonchev–Trinajstić information content (AvgIpc) is 3.04. The molecule has 1 saturated heterocycles. The standard InChI is InChI=1S/C16H30N4S/c1-5-8-17-14(16(4)7-6-9-21-16)10-15-18-12-19-20(15)11-13(2)3/h12-14,17H,5-11H2,1-4H3. The zero-order valence-electron chi connectivity index (χ0n) is 13.9. The summed E-state index contributed by atoms with van der Waals surface area (Å²) >= 11 is 2.12. The lowest BCUT2D eigenvalue weighted by Crippen LogP contribution is -2.47. The van der Waals surface area contributed by atoms with Gasteiger partial charge in [-0.05, 0) is 44.4 Å². The average molecular weight is 311 g/mol. The number of rotatable bonds is 8. The molecule has 0 radical (unpaired) electrons. The number of thioether (sulfide) groups is 1. The summed E-state index contributed by atoms with van der Waals surface area (Å²) in [6.07, 6.45) is 6.51. The molecular weight excluding hydrogens is 280 g/mol. The van der Waals surface area contributed by atoms with Crippen LogP contribution in [0.25, 0.3) is 0 Å². The molecule has 1 aliphatic rings. The van der Waals surface area contributed by atoms with Gasteiger partial charge in [-0.2, -0.15) is 16.9 Å². The summed E-state index contributed by atoms with van der Waals surface area (Å²) in [5.74, 6) is 3.02. The third-order valence-corrected chi connectivity index (χ3v) is 5.89. The summed E-state index contributed by atoms with van der Waals surface area (Å²) in [5.41, 5.74) is 0. The van der Waals surface area contributed by atoms with Crippen molar-refractivity contribution in [1.29, 1.82) is 0 Å². The highest BCUT2D eigenvalue weighted by atomic mass is 32.2. The van der Waals surface area contributed by atoms with Crippen LogP contribution in [0.15, 0.2) is 6.33 Å². The quantitative estimate of drug-likeness (QED) is 0.801. The van der Waals surface area contributed by atoms with Gasteiger partial charge in [0.2, 0.25) is 0 Å². The Morgan fingerprint density at radius 1 is 1.48 bits per heavy atom. The van der Waals surface area contributed by atoms with Crippen molar-refractivity contribution in [3.63, 3.8) is 0 Å². The van der Waals surface area contributed by atoms with E-state index < -0.39 is 0 Å². The van der Waals surface area contributed by atoms with Crippen molar-refractivity contribution in [1.82, 2.24) is 20.1 Å². The topological polar surface area (TPSA) is 42.7 Å². The van der Waals surface area contributed by atoms with Gasteiger partial charge in [0, 0.05) is 23.8 Å². The van der Waals surface area contributed by atoms with Crippen molar-refractivity contribution in [3.05, 3.63) is 12.2 Å². The SMILES string of the molecule is CCCNC(Cc1ncnn1CC(C)C)C1(C)CCCS1. The maximum atomic E-state index is 4.52. The number of hydrogen-bond donors (Lipinski definition) is 1. The van der Waals surface area contributed by atoms with Crippen molar-refractivity contribution in [2.75, 3.05) is 12.3 Å². The Labute approximate surface area is 133 Å². The molecule has 1 N–H and O–H groups in total. The van der Waals surface area contributed by atoms with E-state index in [1.165, 1.54) is 25.0 Å². The van der Waals surface area contributed by atoms with Gasteiger partial charge in [-0.1, -0.05) is 20.8 Å². The summed E-state index contributed by atoms with van der Waals surface area (Å²) in [4.78, 5) is 4.52. The van der Waals surface area contributed by atoms with E-state index in [9.17, 15) is 0 Å². The molecule has 5 heteroatoms. The van der Waals surface area contributed by atoms with Crippen molar-refractivity contribution in [3.8, 4) is 0 Å². The molecule has 0 aromatic carbocycles. The molecule has 2 atom stereocenters. The first-order valence-electron chi connectivity index (χ1n) is 8.29. The molecule has 0 bridgehead atoms. The molecule has 1 fully saturated rings. The van der Waals surface area contributed by atoms with Crippen LogP contribution >= 0.6 is 11.8 Å². The third-order valence-electron chi connectivity index (χ3n) is 4.25. The van der Waals surface area contributed by atoms with Crippen LogP contribution in [-0.2, 0) is 13.0 Å². The van der Waals surface area contributed by atoms with Crippen LogP contribution in [-0.4, -0.2) is 37.9 Å². The van der Waals surface area contributed by atoms with Gasteiger partial charge in [0.1, 0.15) is 12.2 Å². The monoisotopic (exact) mass is 310 g/mol. The molecule has 0 spiro atoms. The Kier molecular flexibility index (Phi) is 6.11. The third kappa shape index (κ3) is 4.46. The second-order valence-electron chi connectivity index (χ2n) is 6.73. The van der Waals surface area contributed by atoms with Gasteiger partial charge < -0.3 is 5.32 Å². The molecule has 120 valence electrons. The van der Waals surface area contributed by atoms with Gasteiger partial charge >= 0.3 is 0 Å². The van der Waals surface area contributed by atoms with E-state index in [-0.39, 0.29) is 0 Å². The first-order valence-corrected chi connectivity index (χ1v) is 9.27. The lowest BCUT2D eigenvalue weighted by molar-refractivity contribution is 0.378. The number of nitrogens with zero attached hydrogens (tertiary/aromatic N) is 3. The highest BCUT2D eigenvalue weighted by molar-refractivity contribution is 8.00. The maximum Gasteiger partial charge on any atom is 0.138 e. The minimum atomic E-state index is 0.337. The van der Waals surface area contributed by atoms with E-state index in [4.69, 9.17) is 0 Å². The lowest BCUT2D eigenvalue weighted by Gasteiger charge is -2.34. The summed E-state index contributed by atoms with van der Waals surface area (Å²) in [7, 11) is 0. The van der Waals surface area contributed by atoms with Crippen LogP contribution in [0.3, 0.4) is 0 Å². The molecule has 0 amide bonds. The van der Waals surface area contributed by atoms with E-state index >= 15 is 0 Å². The summed E-state index contributed by atoms with van der Waals surface area (Å²) < 4.78 is 2.43. The number of aromatic nitrogens is 3. The Balaban J connectivity index is 2.09. The first kappa shape index (κ1) is 16.8. The fourth-order valence-electron chi connectivity index (χ4n) is 3.03. The van der Waals surface area contributed by atoms with E-state index in [0.717, 1.165) is 25.3 Å². The van der Waals surface area contributed by atoms with E-state index in [1.54, 1.807) is 6.33 Å². The molecule has 21 heavy (non-hydrogen) atoms. The molecule has 2 heterocycles. The largest absolute Gasteiger partial charge is 0.312 e. The second-order valence-corrected chi connectivity index (χ2v) is 8.36. The lowest BCUT2D eigenvalue weighted by atomic mass is 9.93. The number of nitrogens with one attached hydrogen (secondary N) is 1. The van der Waals surface area contributed by atoms with E-state index in [1.807, 2.05) is 0 Å². The molecule has 0 saturated carbocycles. The molecule has 4 nitrogen and oxygen atoms in total. The van der Waals surface area contributed by atoms with E-state index in [0.29, 0.717) is 16.7 Å². The van der Waals surface area contributed by atoms with Crippen molar-refractivity contribution in [2.24, 2.45) is 5.92 Å². The molecule has 1 aromatic heterocycles. The van der Waals surface area contributed by atoms with Crippen molar-refractivity contribution < 1.29 is 0 Å². The van der Waals surface area contributed by atoms with Gasteiger partial charge in [0.05, 0.1) is 0 Å². The molecule has 1 aliphatic heterocycles. The second kappa shape index (κ2) is 7.63. The smallest absolute Gasteiger partial charge is 0.138 e. The number of hydrogen-bond acceptors (Lipinski definition) is 4. The normalized spacial score (nSPS) is 23.9. The fourth-order valence-corrected chi connectivity index (χ4v) is 4.44. The van der Waals surface area contributed by atoms with Crippen LogP contribution in [0.5, 0.6) is 0 Å². The molecule has 2 unspecified atom stereocenters. The predicted octanol–water partition coefficient (Wildman–Crippen LogP) is 3.13. The zero-order chi connectivity index (χ0) is 15.3. The first-order chi connectivity index (χ1) is 10.0. The van der Waals surface area contributed by atoms with Crippen LogP contribution < -0.4 is 5.32 Å². The zero-order valence-corrected chi connectivity index (χ0v) is 14.7. The maximum absolute atomic E-state index is 4.52. The minimum absolute atomic E-state index is 0.337. The van der Waals surface area contributed by atoms with Crippen LogP contribution in [0, 0.1) is 5.92 Å².